The molecule has 1 aromatic heterocycles. The van der Waals surface area contributed by atoms with Gasteiger partial charge in [0.25, 0.3) is 0 Å². The van der Waals surface area contributed by atoms with E-state index in [0.717, 1.165) is 19.6 Å². The summed E-state index contributed by atoms with van der Waals surface area (Å²) in [4.78, 5) is 12.6. The van der Waals surface area contributed by atoms with Gasteiger partial charge in [0, 0.05) is 26.1 Å². The molecule has 0 amide bonds. The fraction of sp³-hybridized carbons (Fsp3) is 0.750. The fourth-order valence-corrected chi connectivity index (χ4v) is 2.01. The van der Waals surface area contributed by atoms with Gasteiger partial charge in [-0.05, 0) is 20.3 Å². The Kier molecular flexibility index (Phi) is 4.73. The maximum Gasteiger partial charge on any atom is 0.323 e. The number of hydrogen-bond donors (Lipinski definition) is 2. The van der Waals surface area contributed by atoms with E-state index >= 15 is 0 Å². The maximum absolute atomic E-state index is 5.53. The molecule has 1 aliphatic rings. The lowest BCUT2D eigenvalue weighted by Crippen LogP contribution is -2.22. The molecule has 2 atom stereocenters. The molecule has 2 rings (SSSR count). The predicted molar refractivity (Wildman–Crippen MR) is 72.6 cm³/mol. The van der Waals surface area contributed by atoms with Crippen molar-refractivity contribution in [2.24, 2.45) is 5.92 Å². The number of anilines is 2. The summed E-state index contributed by atoms with van der Waals surface area (Å²) in [6, 6.07) is 0.333. The molecule has 7 heteroatoms. The molecule has 0 aliphatic carbocycles. The number of nitrogens with one attached hydrogen (secondary N) is 2. The van der Waals surface area contributed by atoms with Crippen molar-refractivity contribution in [2.45, 2.75) is 26.4 Å². The van der Waals surface area contributed by atoms with Crippen LogP contribution in [0.25, 0.3) is 0 Å². The maximum atomic E-state index is 5.53. The highest BCUT2D eigenvalue weighted by atomic mass is 16.5. The second kappa shape index (κ2) is 6.51. The molecular weight excluding hydrogens is 246 g/mol. The lowest BCUT2D eigenvalue weighted by atomic mass is 10.0. The summed E-state index contributed by atoms with van der Waals surface area (Å²) in [5.41, 5.74) is 0. The molecule has 19 heavy (non-hydrogen) atoms. The molecule has 7 nitrogen and oxygen atoms in total. The quantitative estimate of drug-likeness (QED) is 0.800. The van der Waals surface area contributed by atoms with Gasteiger partial charge in [0.05, 0.1) is 12.7 Å². The third-order valence-electron chi connectivity index (χ3n) is 3.17. The van der Waals surface area contributed by atoms with Crippen molar-refractivity contribution < 1.29 is 9.47 Å². The molecule has 2 heterocycles. The Morgan fingerprint density at radius 2 is 2.11 bits per heavy atom. The number of ether oxygens (including phenoxy) is 2. The van der Waals surface area contributed by atoms with Crippen LogP contribution in [0.15, 0.2) is 0 Å². The van der Waals surface area contributed by atoms with Gasteiger partial charge in [0.15, 0.2) is 0 Å². The number of nitrogens with zero attached hydrogens (tertiary/aromatic N) is 3. The molecule has 2 N–H and O–H groups in total. The van der Waals surface area contributed by atoms with Crippen molar-refractivity contribution in [3.63, 3.8) is 0 Å². The lowest BCUT2D eigenvalue weighted by Gasteiger charge is -2.15. The first-order valence-electron chi connectivity index (χ1n) is 6.65. The second-order valence-corrected chi connectivity index (χ2v) is 4.45. The van der Waals surface area contributed by atoms with E-state index in [0.29, 0.717) is 30.4 Å². The van der Waals surface area contributed by atoms with Crippen LogP contribution >= 0.6 is 0 Å². The van der Waals surface area contributed by atoms with Crippen LogP contribution in [0.4, 0.5) is 11.9 Å². The van der Waals surface area contributed by atoms with E-state index in [1.807, 2.05) is 6.92 Å². The Bertz CT molecular complexity index is 415. The van der Waals surface area contributed by atoms with Gasteiger partial charge in [-0.15, -0.1) is 0 Å². The van der Waals surface area contributed by atoms with E-state index in [1.54, 1.807) is 7.05 Å². The van der Waals surface area contributed by atoms with Crippen molar-refractivity contribution in [2.75, 3.05) is 37.4 Å². The van der Waals surface area contributed by atoms with Crippen molar-refractivity contribution in [1.82, 2.24) is 15.0 Å². The number of aromatic nitrogens is 3. The van der Waals surface area contributed by atoms with Crippen LogP contribution < -0.4 is 15.4 Å². The summed E-state index contributed by atoms with van der Waals surface area (Å²) >= 11 is 0. The van der Waals surface area contributed by atoms with Crippen LogP contribution in [0.5, 0.6) is 6.01 Å². The predicted octanol–water partition coefficient (Wildman–Crippen LogP) is 1.15. The second-order valence-electron chi connectivity index (χ2n) is 4.45. The molecule has 0 aromatic carbocycles. The van der Waals surface area contributed by atoms with E-state index in [4.69, 9.17) is 9.47 Å². The Labute approximate surface area is 113 Å². The molecular formula is C12H21N5O2. The molecule has 106 valence electrons. The third-order valence-corrected chi connectivity index (χ3v) is 3.17. The van der Waals surface area contributed by atoms with Gasteiger partial charge in [-0.2, -0.15) is 15.0 Å². The van der Waals surface area contributed by atoms with E-state index in [2.05, 4.69) is 32.5 Å². The zero-order valence-electron chi connectivity index (χ0n) is 11.6. The van der Waals surface area contributed by atoms with Crippen LogP contribution in [-0.2, 0) is 4.74 Å². The molecule has 1 aromatic rings. The zero-order valence-corrected chi connectivity index (χ0v) is 11.6. The summed E-state index contributed by atoms with van der Waals surface area (Å²) in [7, 11) is 1.77. The fourth-order valence-electron chi connectivity index (χ4n) is 2.01. The van der Waals surface area contributed by atoms with Crippen LogP contribution in [0.2, 0.25) is 0 Å². The van der Waals surface area contributed by atoms with E-state index in [-0.39, 0.29) is 6.10 Å². The Balaban J connectivity index is 2.00. The van der Waals surface area contributed by atoms with E-state index in [9.17, 15) is 0 Å². The first-order valence-corrected chi connectivity index (χ1v) is 6.65. The first-order chi connectivity index (χ1) is 9.22. The molecule has 0 bridgehead atoms. The van der Waals surface area contributed by atoms with Crippen molar-refractivity contribution in [3.05, 3.63) is 0 Å². The minimum absolute atomic E-state index is 0.282. The van der Waals surface area contributed by atoms with Crippen molar-refractivity contribution in [1.29, 1.82) is 0 Å². The Hall–Kier alpha value is -1.63. The Morgan fingerprint density at radius 3 is 2.74 bits per heavy atom. The minimum Gasteiger partial charge on any atom is -0.464 e. The summed E-state index contributed by atoms with van der Waals surface area (Å²) in [5.74, 6) is 1.52. The average molecular weight is 267 g/mol. The van der Waals surface area contributed by atoms with Gasteiger partial charge in [-0.3, -0.25) is 0 Å². The third kappa shape index (κ3) is 3.66. The van der Waals surface area contributed by atoms with Gasteiger partial charge in [-0.25, -0.2) is 0 Å². The van der Waals surface area contributed by atoms with Crippen LogP contribution in [0.3, 0.4) is 0 Å². The lowest BCUT2D eigenvalue weighted by molar-refractivity contribution is 0.108. The average Bonchev–Trinajstić information content (AvgIpc) is 2.82. The molecule has 0 radical (unpaired) electrons. The topological polar surface area (TPSA) is 81.2 Å². The highest BCUT2D eigenvalue weighted by Gasteiger charge is 2.24. The standard InChI is InChI=1S/C12H21N5O2/c1-4-18-12-16-10(13-3)15-11(17-12)14-7-9-5-6-19-8(9)2/h8-9H,4-7H2,1-3H3,(H2,13,14,15,16,17). The molecule has 1 fully saturated rings. The molecule has 1 aliphatic heterocycles. The summed E-state index contributed by atoms with van der Waals surface area (Å²) in [5, 5.41) is 6.12. The largest absolute Gasteiger partial charge is 0.464 e. The highest BCUT2D eigenvalue weighted by Crippen LogP contribution is 2.20. The van der Waals surface area contributed by atoms with Crippen molar-refractivity contribution >= 4 is 11.9 Å². The molecule has 2 unspecified atom stereocenters. The van der Waals surface area contributed by atoms with Crippen LogP contribution in [0.1, 0.15) is 20.3 Å². The van der Waals surface area contributed by atoms with Crippen LogP contribution in [-0.4, -0.2) is 47.9 Å². The molecule has 1 saturated heterocycles. The smallest absolute Gasteiger partial charge is 0.323 e. The van der Waals surface area contributed by atoms with Gasteiger partial charge in [0.2, 0.25) is 11.9 Å². The molecule has 0 saturated carbocycles. The molecule has 0 spiro atoms. The van der Waals surface area contributed by atoms with Gasteiger partial charge in [-0.1, -0.05) is 0 Å². The van der Waals surface area contributed by atoms with E-state index < -0.39 is 0 Å². The minimum atomic E-state index is 0.282. The van der Waals surface area contributed by atoms with Crippen LogP contribution in [0, 0.1) is 5.92 Å². The van der Waals surface area contributed by atoms with Gasteiger partial charge < -0.3 is 20.1 Å². The highest BCUT2D eigenvalue weighted by molar-refractivity contribution is 5.35. The summed E-state index contributed by atoms with van der Waals surface area (Å²) < 4.78 is 10.8. The normalized spacial score (nSPS) is 22.3. The Morgan fingerprint density at radius 1 is 1.32 bits per heavy atom. The van der Waals surface area contributed by atoms with Gasteiger partial charge in [0.1, 0.15) is 0 Å². The van der Waals surface area contributed by atoms with E-state index in [1.165, 1.54) is 0 Å². The van der Waals surface area contributed by atoms with Crippen molar-refractivity contribution in [3.8, 4) is 6.01 Å². The monoisotopic (exact) mass is 267 g/mol. The number of rotatable bonds is 6. The number of hydrogen-bond acceptors (Lipinski definition) is 7. The summed E-state index contributed by atoms with van der Waals surface area (Å²) in [6.07, 6.45) is 1.35. The first kappa shape index (κ1) is 13.8. The summed E-state index contributed by atoms with van der Waals surface area (Å²) in [6.45, 7) is 6.14. The zero-order chi connectivity index (χ0) is 13.7. The van der Waals surface area contributed by atoms with Gasteiger partial charge >= 0.3 is 6.01 Å². The SMILES string of the molecule is CCOc1nc(NC)nc(NCC2CCOC2C)n1.